The van der Waals surface area contributed by atoms with Crippen LogP contribution < -0.4 is 0 Å². The molecule has 0 saturated carbocycles. The van der Waals surface area contributed by atoms with Gasteiger partial charge in [0, 0.05) is 5.56 Å². The van der Waals surface area contributed by atoms with Crippen LogP contribution in [0.5, 0.6) is 0 Å². The third-order valence-electron chi connectivity index (χ3n) is 4.01. The standard InChI is InChI=1S/C20H18N4O2S/c1-13-8-10-16(11-9-13)19-23-22-18(26-19)14(2)27-20-24-21-17(25-20)12-15-6-4-3-5-7-15/h3-11,14H,12H2,1-2H3. The zero-order valence-electron chi connectivity index (χ0n) is 15.0. The van der Waals surface area contributed by atoms with Crippen LogP contribution in [-0.4, -0.2) is 20.4 Å². The highest BCUT2D eigenvalue weighted by Gasteiger charge is 2.19. The maximum atomic E-state index is 5.81. The first-order valence-corrected chi connectivity index (χ1v) is 9.49. The molecule has 0 saturated heterocycles. The molecule has 0 amide bonds. The Morgan fingerprint density at radius 3 is 2.44 bits per heavy atom. The largest absolute Gasteiger partial charge is 0.419 e. The van der Waals surface area contributed by atoms with E-state index in [-0.39, 0.29) is 5.25 Å². The van der Waals surface area contributed by atoms with Gasteiger partial charge in [0.05, 0.1) is 11.7 Å². The summed E-state index contributed by atoms with van der Waals surface area (Å²) in [4.78, 5) is 0. The lowest BCUT2D eigenvalue weighted by atomic mass is 10.1. The van der Waals surface area contributed by atoms with Gasteiger partial charge in [-0.05, 0) is 31.5 Å². The van der Waals surface area contributed by atoms with Crippen LogP contribution in [0.1, 0.15) is 35.1 Å². The highest BCUT2D eigenvalue weighted by atomic mass is 32.2. The van der Waals surface area contributed by atoms with Gasteiger partial charge in [-0.3, -0.25) is 0 Å². The molecule has 4 rings (SSSR count). The number of nitrogens with zero attached hydrogens (tertiary/aromatic N) is 4. The van der Waals surface area contributed by atoms with Crippen LogP contribution >= 0.6 is 11.8 Å². The number of aryl methyl sites for hydroxylation is 1. The van der Waals surface area contributed by atoms with E-state index in [1.165, 1.54) is 17.3 Å². The average molecular weight is 378 g/mol. The Kier molecular flexibility index (Phi) is 5.02. The molecular formula is C20H18N4O2S. The molecule has 0 aliphatic heterocycles. The molecule has 0 aliphatic carbocycles. The van der Waals surface area contributed by atoms with E-state index in [1.807, 2.05) is 68.4 Å². The fourth-order valence-electron chi connectivity index (χ4n) is 2.54. The summed E-state index contributed by atoms with van der Waals surface area (Å²) in [5.41, 5.74) is 3.22. The van der Waals surface area contributed by atoms with Gasteiger partial charge in [-0.25, -0.2) is 0 Å². The summed E-state index contributed by atoms with van der Waals surface area (Å²) in [6.45, 7) is 4.01. The lowest BCUT2D eigenvalue weighted by Crippen LogP contribution is -1.88. The van der Waals surface area contributed by atoms with E-state index in [0.717, 1.165) is 11.1 Å². The Labute approximate surface area is 161 Å². The van der Waals surface area contributed by atoms with Gasteiger partial charge in [0.25, 0.3) is 5.22 Å². The van der Waals surface area contributed by atoms with Crippen LogP contribution in [-0.2, 0) is 6.42 Å². The molecule has 0 radical (unpaired) electrons. The molecule has 0 spiro atoms. The first kappa shape index (κ1) is 17.5. The molecule has 1 unspecified atom stereocenters. The van der Waals surface area contributed by atoms with Gasteiger partial charge in [0.2, 0.25) is 17.7 Å². The minimum atomic E-state index is -0.0956. The number of hydrogen-bond donors (Lipinski definition) is 0. The van der Waals surface area contributed by atoms with Gasteiger partial charge in [-0.1, -0.05) is 59.8 Å². The van der Waals surface area contributed by atoms with Crippen molar-refractivity contribution in [2.45, 2.75) is 30.7 Å². The Morgan fingerprint density at radius 1 is 0.889 bits per heavy atom. The molecule has 0 fully saturated rings. The smallest absolute Gasteiger partial charge is 0.277 e. The average Bonchev–Trinajstić information content (AvgIpc) is 3.33. The minimum Gasteiger partial charge on any atom is -0.419 e. The summed E-state index contributed by atoms with van der Waals surface area (Å²) in [7, 11) is 0. The summed E-state index contributed by atoms with van der Waals surface area (Å²) >= 11 is 1.40. The summed E-state index contributed by atoms with van der Waals surface area (Å²) in [5, 5.41) is 16.9. The third kappa shape index (κ3) is 4.25. The van der Waals surface area contributed by atoms with Crippen LogP contribution in [0.25, 0.3) is 11.5 Å². The second-order valence-corrected chi connectivity index (χ2v) is 7.49. The number of benzene rings is 2. The van der Waals surface area contributed by atoms with E-state index in [0.29, 0.717) is 29.3 Å². The molecule has 7 heteroatoms. The molecule has 4 aromatic rings. The zero-order chi connectivity index (χ0) is 18.6. The zero-order valence-corrected chi connectivity index (χ0v) is 15.8. The molecule has 136 valence electrons. The van der Waals surface area contributed by atoms with E-state index in [2.05, 4.69) is 20.4 Å². The van der Waals surface area contributed by atoms with Gasteiger partial charge in [-0.2, -0.15) is 0 Å². The Balaban J connectivity index is 1.42. The van der Waals surface area contributed by atoms with Gasteiger partial charge in [-0.15, -0.1) is 20.4 Å². The molecule has 2 heterocycles. The van der Waals surface area contributed by atoms with Crippen molar-refractivity contribution in [1.82, 2.24) is 20.4 Å². The van der Waals surface area contributed by atoms with Crippen LogP contribution in [0, 0.1) is 6.92 Å². The first-order valence-electron chi connectivity index (χ1n) is 8.61. The van der Waals surface area contributed by atoms with Crippen molar-refractivity contribution in [3.8, 4) is 11.5 Å². The SMILES string of the molecule is Cc1ccc(-c2nnc(C(C)Sc3nnc(Cc4ccccc4)o3)o2)cc1. The van der Waals surface area contributed by atoms with Crippen LogP contribution in [0.15, 0.2) is 68.7 Å². The molecular weight excluding hydrogens is 360 g/mol. The second-order valence-electron chi connectivity index (χ2n) is 6.20. The monoisotopic (exact) mass is 378 g/mol. The van der Waals surface area contributed by atoms with Crippen LogP contribution in [0.4, 0.5) is 0 Å². The summed E-state index contributed by atoms with van der Waals surface area (Å²) in [6, 6.07) is 18.0. The second kappa shape index (κ2) is 7.75. The first-order chi connectivity index (χ1) is 13.2. The predicted molar refractivity (Wildman–Crippen MR) is 102 cm³/mol. The predicted octanol–water partition coefficient (Wildman–Crippen LogP) is 4.87. The summed E-state index contributed by atoms with van der Waals surface area (Å²) in [6.07, 6.45) is 0.612. The van der Waals surface area contributed by atoms with E-state index in [4.69, 9.17) is 8.83 Å². The van der Waals surface area contributed by atoms with E-state index < -0.39 is 0 Å². The molecule has 2 aromatic carbocycles. The van der Waals surface area contributed by atoms with E-state index in [1.54, 1.807) is 0 Å². The van der Waals surface area contributed by atoms with Crippen LogP contribution in [0.2, 0.25) is 0 Å². The van der Waals surface area contributed by atoms with Gasteiger partial charge in [0.1, 0.15) is 0 Å². The van der Waals surface area contributed by atoms with Crippen molar-refractivity contribution >= 4 is 11.8 Å². The van der Waals surface area contributed by atoms with Gasteiger partial charge < -0.3 is 8.83 Å². The maximum absolute atomic E-state index is 5.81. The van der Waals surface area contributed by atoms with E-state index >= 15 is 0 Å². The summed E-state index contributed by atoms with van der Waals surface area (Å²) in [5.74, 6) is 1.62. The van der Waals surface area contributed by atoms with Crippen molar-refractivity contribution in [2.24, 2.45) is 0 Å². The quantitative estimate of drug-likeness (QED) is 0.443. The minimum absolute atomic E-state index is 0.0956. The molecule has 2 aromatic heterocycles. The summed E-state index contributed by atoms with van der Waals surface area (Å²) < 4.78 is 11.5. The Morgan fingerprint density at radius 2 is 1.67 bits per heavy atom. The molecule has 0 bridgehead atoms. The third-order valence-corrected chi connectivity index (χ3v) is 4.93. The van der Waals surface area contributed by atoms with Crippen molar-refractivity contribution < 1.29 is 8.83 Å². The molecule has 0 N–H and O–H groups in total. The van der Waals surface area contributed by atoms with Gasteiger partial charge >= 0.3 is 0 Å². The lowest BCUT2D eigenvalue weighted by Gasteiger charge is -2.02. The number of thioether (sulfide) groups is 1. The van der Waals surface area contributed by atoms with Crippen molar-refractivity contribution in [3.05, 3.63) is 77.5 Å². The molecule has 6 nitrogen and oxygen atoms in total. The number of rotatable bonds is 6. The van der Waals surface area contributed by atoms with Crippen molar-refractivity contribution in [1.29, 1.82) is 0 Å². The van der Waals surface area contributed by atoms with Crippen molar-refractivity contribution in [3.63, 3.8) is 0 Å². The van der Waals surface area contributed by atoms with Gasteiger partial charge in [0.15, 0.2) is 0 Å². The number of aromatic nitrogens is 4. The maximum Gasteiger partial charge on any atom is 0.277 e. The Hall–Kier alpha value is -2.93. The van der Waals surface area contributed by atoms with Crippen molar-refractivity contribution in [2.75, 3.05) is 0 Å². The Bertz CT molecular complexity index is 1010. The topological polar surface area (TPSA) is 77.8 Å². The molecule has 27 heavy (non-hydrogen) atoms. The molecule has 0 aliphatic rings. The number of hydrogen-bond acceptors (Lipinski definition) is 7. The fraction of sp³-hybridized carbons (Fsp3) is 0.200. The highest BCUT2D eigenvalue weighted by molar-refractivity contribution is 7.99. The lowest BCUT2D eigenvalue weighted by molar-refractivity contribution is 0.418. The fourth-order valence-corrected chi connectivity index (χ4v) is 3.27. The normalized spacial score (nSPS) is 12.2. The highest BCUT2D eigenvalue weighted by Crippen LogP contribution is 2.34. The molecule has 1 atom stereocenters. The van der Waals surface area contributed by atoms with E-state index in [9.17, 15) is 0 Å². The van der Waals surface area contributed by atoms with Crippen LogP contribution in [0.3, 0.4) is 0 Å².